The molecule has 5 aliphatic heterocycles. The Bertz CT molecular complexity index is 4230. The number of hydrogen-bond acceptors (Lipinski definition) is 23. The summed E-state index contributed by atoms with van der Waals surface area (Å²) in [6.45, 7) is -0.389. The number of carboxylic acid groups (broad SMARTS) is 1. The summed E-state index contributed by atoms with van der Waals surface area (Å²) in [4.78, 5) is 291. The topological polar surface area (TPSA) is 720 Å². The summed E-state index contributed by atoms with van der Waals surface area (Å²) in [5.74, 6) is -19.6. The molecule has 2 aromatic carbocycles. The van der Waals surface area contributed by atoms with Crippen LogP contribution in [0.1, 0.15) is 165 Å². The lowest BCUT2D eigenvalue weighted by molar-refractivity contribution is -0.146. The van der Waals surface area contributed by atoms with Crippen molar-refractivity contribution >= 4 is 124 Å². The maximum absolute atomic E-state index is 15.0. The third-order valence-corrected chi connectivity index (χ3v) is 21.9. The lowest BCUT2D eigenvalue weighted by atomic mass is 10.0. The SMILES string of the molecule is NC(=O)CC[C@H](NC(=O)[C@@H]1CCCN1C(=O)[C@H](Cc1ccccc1)NC(=O)[C@@H]1CCCN1C(=O)[C@H](CCC(N)=O)NC(=O)[C@H](CCC(N)=O)NC(=O)[C@@H]1CCCN1C(=O)[C@H](CCC(N)=O)NC(=O)[C@H](CCC(N)=O)NC(=O)[C@@H]1CCCN1C(=O)[C@H](Cc1ccc(O)cc1)NC(=O)[C@@H]1CCCN1C(=O)[C@H](CCC(N)=O)NC(=O)[C@@H](N)CCC(N)=O)C(=O)O. The Labute approximate surface area is 700 Å². The van der Waals surface area contributed by atoms with Gasteiger partial charge in [-0.15, -0.1) is 0 Å². The predicted molar refractivity (Wildman–Crippen MR) is 426 cm³/mol. The quantitative estimate of drug-likeness (QED) is 0.0293. The third-order valence-electron chi connectivity index (χ3n) is 21.9. The summed E-state index contributed by atoms with van der Waals surface area (Å²) in [6, 6.07) is -6.69. The van der Waals surface area contributed by atoms with Gasteiger partial charge in [-0.1, -0.05) is 42.5 Å². The number of nitrogens with one attached hydrogen (secondary N) is 8. The highest BCUT2D eigenvalue weighted by atomic mass is 16.4. The number of nitrogens with zero attached hydrogens (tertiary/aromatic N) is 5. The zero-order chi connectivity index (χ0) is 89.8. The smallest absolute Gasteiger partial charge is 0.326 e. The predicted octanol–water partition coefficient (Wildman–Crippen LogP) is -7.72. The second-order valence-electron chi connectivity index (χ2n) is 31.0. The van der Waals surface area contributed by atoms with E-state index >= 15 is 4.79 Å². The molecule has 44 nitrogen and oxygen atoms in total. The molecular weight excluding hydrogens is 1600 g/mol. The average molecular weight is 1710 g/mol. The number of carbonyl (C=O) groups excluding carboxylic acids is 20. The molecule has 14 atom stereocenters. The first-order valence-corrected chi connectivity index (χ1v) is 40.6. The number of carbonyl (C=O) groups is 21. The number of carboxylic acids is 1. The van der Waals surface area contributed by atoms with Gasteiger partial charge in [-0.05, 0) is 132 Å². The molecule has 20 amide bonds. The number of hydrogen-bond donors (Lipinski definition) is 18. The molecule has 26 N–H and O–H groups in total. The Morgan fingerprint density at radius 2 is 0.541 bits per heavy atom. The molecule has 0 aliphatic carbocycles. The lowest BCUT2D eigenvalue weighted by Gasteiger charge is -2.33. The molecule has 5 heterocycles. The normalized spacial score (nSPS) is 19.6. The average Bonchev–Trinajstić information content (AvgIpc) is 1.59. The molecule has 5 fully saturated rings. The van der Waals surface area contributed by atoms with Crippen molar-refractivity contribution in [1.29, 1.82) is 0 Å². The van der Waals surface area contributed by atoms with Gasteiger partial charge in [-0.3, -0.25) is 95.9 Å². The molecule has 2 aromatic rings. The number of phenols is 1. The number of likely N-dealkylation sites (tertiary alicyclic amines) is 5. The minimum atomic E-state index is -1.74. The summed E-state index contributed by atoms with van der Waals surface area (Å²) >= 11 is 0. The van der Waals surface area contributed by atoms with Crippen molar-refractivity contribution in [3.63, 3.8) is 0 Å². The standard InChI is InChI=1S/C78H111N21O23/c79-44(20-27-58(80)101)65(108)89-47(23-30-61(83)104)73(116)96-35-5-14-56(96)72(115)94-52(40-42-16-18-43(100)19-17-42)77(120)98-37-7-12-54(98)69(112)88-46(22-29-60(82)103)67(110)90-48(24-31-62(84)105)74(117)95-34-4-11-53(95)68(111)87-45(21-28-59(81)102)66(109)91-49(25-32-63(85)106)75(118)97-36-6-15-57(97)71(114)93-51(39-41-9-2-1-3-10-41)76(119)99-38-8-13-55(99)70(113)92-50(78(121)122)26-33-64(86)107/h1-3,9-10,16-19,44-57,100H,4-8,11-15,20-40,79H2,(H2,80,101)(H2,81,102)(H2,82,103)(H2,83,104)(H2,84,105)(H2,85,106)(H2,86,107)(H,87,111)(H,88,112)(H,89,108)(H,90,110)(H,91,109)(H,92,113)(H,93,114)(H,94,115)(H,121,122)/t44-,45-,46-,47-,48-,49-,50-,51-,52-,53-,54-,55-,56-,57-/m0/s1. The Morgan fingerprint density at radius 3 is 0.828 bits per heavy atom. The molecule has 5 saturated heterocycles. The van der Waals surface area contributed by atoms with Crippen LogP contribution in [0.4, 0.5) is 0 Å². The zero-order valence-corrected chi connectivity index (χ0v) is 67.5. The van der Waals surface area contributed by atoms with Crippen LogP contribution in [0.5, 0.6) is 5.75 Å². The van der Waals surface area contributed by atoms with Crippen LogP contribution in [0.2, 0.25) is 0 Å². The fourth-order valence-corrected chi connectivity index (χ4v) is 15.5. The minimum Gasteiger partial charge on any atom is -0.508 e. The number of phenolic OH excluding ortho intramolecular Hbond substituents is 1. The molecule has 44 heteroatoms. The Hall–Kier alpha value is -12.9. The number of nitrogens with two attached hydrogens (primary N) is 8. The first-order chi connectivity index (χ1) is 57.8. The van der Waals surface area contributed by atoms with E-state index in [1.807, 2.05) is 0 Å². The van der Waals surface area contributed by atoms with Gasteiger partial charge in [-0.2, -0.15) is 0 Å². The molecule has 0 spiro atoms. The summed E-state index contributed by atoms with van der Waals surface area (Å²) in [5, 5.41) is 40.4. The number of aromatic hydroxyl groups is 1. The van der Waals surface area contributed by atoms with Gasteiger partial charge < -0.3 is 123 Å². The van der Waals surface area contributed by atoms with Crippen molar-refractivity contribution in [2.45, 2.75) is 252 Å². The highest BCUT2D eigenvalue weighted by Gasteiger charge is 2.47. The van der Waals surface area contributed by atoms with E-state index in [1.165, 1.54) is 29.2 Å². The molecule has 0 unspecified atom stereocenters. The molecule has 0 aromatic heterocycles. The monoisotopic (exact) mass is 1710 g/mol. The second kappa shape index (κ2) is 46.0. The van der Waals surface area contributed by atoms with Gasteiger partial charge >= 0.3 is 5.97 Å². The highest BCUT2D eigenvalue weighted by molar-refractivity contribution is 6.02. The number of primary amides is 7. The highest BCUT2D eigenvalue weighted by Crippen LogP contribution is 2.28. The number of amides is 20. The van der Waals surface area contributed by atoms with Crippen LogP contribution in [0.15, 0.2) is 54.6 Å². The summed E-state index contributed by atoms with van der Waals surface area (Å²) in [5.41, 5.74) is 45.0. The maximum Gasteiger partial charge on any atom is 0.326 e. The molecular formula is C78H111N21O23. The Morgan fingerprint density at radius 1 is 0.303 bits per heavy atom. The van der Waals surface area contributed by atoms with E-state index in [9.17, 15) is 106 Å². The third kappa shape index (κ3) is 28.4. The molecule has 7 rings (SSSR count). The van der Waals surface area contributed by atoms with E-state index in [0.717, 1.165) is 19.6 Å². The zero-order valence-electron chi connectivity index (χ0n) is 67.5. The molecule has 122 heavy (non-hydrogen) atoms. The summed E-state index contributed by atoms with van der Waals surface area (Å²) in [6.07, 6.45) is -5.37. The van der Waals surface area contributed by atoms with Crippen molar-refractivity contribution in [2.75, 3.05) is 32.7 Å². The van der Waals surface area contributed by atoms with Gasteiger partial charge in [0.1, 0.15) is 84.3 Å². The van der Waals surface area contributed by atoms with E-state index in [0.29, 0.717) is 17.5 Å². The number of aliphatic carboxylic acids is 1. The fourth-order valence-electron chi connectivity index (χ4n) is 15.5. The van der Waals surface area contributed by atoms with Crippen LogP contribution in [0.25, 0.3) is 0 Å². The van der Waals surface area contributed by atoms with Crippen LogP contribution in [0.3, 0.4) is 0 Å². The molecule has 666 valence electrons. The van der Waals surface area contributed by atoms with Gasteiger partial charge in [0.05, 0.1) is 6.04 Å². The van der Waals surface area contributed by atoms with Crippen LogP contribution >= 0.6 is 0 Å². The van der Waals surface area contributed by atoms with E-state index in [1.54, 1.807) is 30.3 Å². The Kier molecular flexibility index (Phi) is 36.3. The molecule has 0 radical (unpaired) electrons. The van der Waals surface area contributed by atoms with Crippen molar-refractivity contribution in [2.24, 2.45) is 45.9 Å². The second-order valence-corrected chi connectivity index (χ2v) is 31.0. The number of rotatable bonds is 47. The maximum atomic E-state index is 15.0. The van der Waals surface area contributed by atoms with Crippen molar-refractivity contribution in [3.05, 3.63) is 65.7 Å². The summed E-state index contributed by atoms with van der Waals surface area (Å²) < 4.78 is 0. The molecule has 5 aliphatic rings. The van der Waals surface area contributed by atoms with Crippen LogP contribution in [-0.4, -0.2) is 276 Å². The van der Waals surface area contributed by atoms with E-state index < -0.39 is 260 Å². The van der Waals surface area contributed by atoms with Gasteiger partial charge in [0, 0.05) is 90.5 Å². The van der Waals surface area contributed by atoms with Crippen LogP contribution in [0, 0.1) is 0 Å². The van der Waals surface area contributed by atoms with Gasteiger partial charge in [0.25, 0.3) is 0 Å². The van der Waals surface area contributed by atoms with Crippen LogP contribution < -0.4 is 88.4 Å². The first kappa shape index (κ1) is 96.2. The molecule has 0 saturated carbocycles. The van der Waals surface area contributed by atoms with E-state index in [2.05, 4.69) is 42.5 Å². The first-order valence-electron chi connectivity index (χ1n) is 40.6. The fraction of sp³-hybridized carbons (Fsp3) is 0.577. The van der Waals surface area contributed by atoms with Gasteiger partial charge in [0.15, 0.2) is 0 Å². The number of benzene rings is 2. The van der Waals surface area contributed by atoms with E-state index in [4.69, 9.17) is 45.9 Å². The van der Waals surface area contributed by atoms with Crippen LogP contribution in [-0.2, 0) is 114 Å². The minimum absolute atomic E-state index is 0.0142. The van der Waals surface area contributed by atoms with Crippen molar-refractivity contribution in [3.8, 4) is 5.75 Å². The van der Waals surface area contributed by atoms with E-state index in [-0.39, 0.29) is 148 Å². The van der Waals surface area contributed by atoms with Gasteiger partial charge in [0.2, 0.25) is 118 Å². The lowest BCUT2D eigenvalue weighted by Crippen LogP contribution is -2.61. The van der Waals surface area contributed by atoms with Gasteiger partial charge in [-0.25, -0.2) is 4.79 Å². The molecule has 0 bridgehead atoms. The Balaban J connectivity index is 1.06. The summed E-state index contributed by atoms with van der Waals surface area (Å²) in [7, 11) is 0. The van der Waals surface area contributed by atoms with Crippen molar-refractivity contribution < 1.29 is 111 Å². The van der Waals surface area contributed by atoms with Crippen molar-refractivity contribution in [1.82, 2.24) is 67.0 Å². The largest absolute Gasteiger partial charge is 0.508 e.